The van der Waals surface area contributed by atoms with Gasteiger partial charge in [-0.15, -0.1) is 0 Å². The van der Waals surface area contributed by atoms with Gasteiger partial charge >= 0.3 is 5.97 Å². The molecule has 0 bridgehead atoms. The molecule has 1 aromatic rings. The molecule has 2 N–H and O–H groups in total. The van der Waals surface area contributed by atoms with E-state index in [0.29, 0.717) is 24.4 Å². The first-order valence-corrected chi connectivity index (χ1v) is 6.77. The summed E-state index contributed by atoms with van der Waals surface area (Å²) in [5.41, 5.74) is 0.692. The Morgan fingerprint density at radius 3 is 2.80 bits per heavy atom. The first-order valence-electron chi connectivity index (χ1n) is 6.77. The number of rotatable bonds is 3. The van der Waals surface area contributed by atoms with Crippen LogP contribution in [0.4, 0.5) is 0 Å². The van der Waals surface area contributed by atoms with Gasteiger partial charge in [-0.25, -0.2) is 4.79 Å². The van der Waals surface area contributed by atoms with Crippen molar-refractivity contribution in [3.05, 3.63) is 29.8 Å². The highest BCUT2D eigenvalue weighted by Gasteiger charge is 2.34. The summed E-state index contributed by atoms with van der Waals surface area (Å²) in [5, 5.41) is 18.6. The maximum Gasteiger partial charge on any atom is 0.326 e. The van der Waals surface area contributed by atoms with E-state index in [1.54, 1.807) is 12.1 Å². The number of aromatic hydroxyl groups is 1. The van der Waals surface area contributed by atoms with Crippen LogP contribution in [0.5, 0.6) is 5.75 Å². The fourth-order valence-corrected chi connectivity index (χ4v) is 2.62. The van der Waals surface area contributed by atoms with Crippen molar-refractivity contribution in [3.63, 3.8) is 0 Å². The van der Waals surface area contributed by atoms with Gasteiger partial charge in [0, 0.05) is 6.54 Å². The van der Waals surface area contributed by atoms with Crippen molar-refractivity contribution >= 4 is 11.9 Å². The fourth-order valence-electron chi connectivity index (χ4n) is 2.62. The lowest BCUT2D eigenvalue weighted by Crippen LogP contribution is -2.50. The SMILES string of the molecule is CC1CCN(C(=O)Cc2cccc(O)c2)C(C(=O)O)C1. The molecule has 20 heavy (non-hydrogen) atoms. The summed E-state index contributed by atoms with van der Waals surface area (Å²) in [7, 11) is 0. The molecule has 2 unspecified atom stereocenters. The topological polar surface area (TPSA) is 77.8 Å². The van der Waals surface area contributed by atoms with E-state index in [4.69, 9.17) is 0 Å². The van der Waals surface area contributed by atoms with Gasteiger partial charge < -0.3 is 15.1 Å². The summed E-state index contributed by atoms with van der Waals surface area (Å²) >= 11 is 0. The second-order valence-corrected chi connectivity index (χ2v) is 5.42. The Morgan fingerprint density at radius 2 is 2.15 bits per heavy atom. The first-order chi connectivity index (χ1) is 9.47. The molecular weight excluding hydrogens is 258 g/mol. The lowest BCUT2D eigenvalue weighted by Gasteiger charge is -2.36. The normalized spacial score (nSPS) is 22.6. The predicted octanol–water partition coefficient (Wildman–Crippen LogP) is 1.65. The molecule has 0 aromatic heterocycles. The summed E-state index contributed by atoms with van der Waals surface area (Å²) in [6, 6.07) is 5.75. The molecule has 1 fully saturated rings. The van der Waals surface area contributed by atoms with E-state index in [1.165, 1.54) is 17.0 Å². The summed E-state index contributed by atoms with van der Waals surface area (Å²) in [5.74, 6) is -0.714. The fraction of sp³-hybridized carbons (Fsp3) is 0.467. The maximum atomic E-state index is 12.3. The Kier molecular flexibility index (Phi) is 4.27. The molecule has 0 radical (unpaired) electrons. The van der Waals surface area contributed by atoms with Gasteiger partial charge in [-0.1, -0.05) is 19.1 Å². The van der Waals surface area contributed by atoms with Crippen LogP contribution in [0.1, 0.15) is 25.3 Å². The Balaban J connectivity index is 2.09. The molecule has 1 heterocycles. The molecule has 108 valence electrons. The van der Waals surface area contributed by atoms with Gasteiger partial charge in [0.2, 0.25) is 5.91 Å². The van der Waals surface area contributed by atoms with E-state index < -0.39 is 12.0 Å². The van der Waals surface area contributed by atoms with Crippen molar-refractivity contribution in [2.75, 3.05) is 6.54 Å². The van der Waals surface area contributed by atoms with E-state index in [0.717, 1.165) is 6.42 Å². The van der Waals surface area contributed by atoms with Crippen LogP contribution < -0.4 is 0 Å². The highest BCUT2D eigenvalue weighted by Crippen LogP contribution is 2.24. The Labute approximate surface area is 117 Å². The van der Waals surface area contributed by atoms with Crippen LogP contribution in [-0.4, -0.2) is 39.6 Å². The molecule has 1 aliphatic heterocycles. The molecule has 0 aliphatic carbocycles. The zero-order valence-electron chi connectivity index (χ0n) is 11.5. The number of nitrogens with zero attached hydrogens (tertiary/aromatic N) is 1. The number of carboxylic acids is 1. The van der Waals surface area contributed by atoms with Crippen molar-refractivity contribution in [3.8, 4) is 5.75 Å². The predicted molar refractivity (Wildman–Crippen MR) is 73.3 cm³/mol. The monoisotopic (exact) mass is 277 g/mol. The molecule has 1 aliphatic rings. The van der Waals surface area contributed by atoms with E-state index in [2.05, 4.69) is 0 Å². The highest BCUT2D eigenvalue weighted by atomic mass is 16.4. The largest absolute Gasteiger partial charge is 0.508 e. The number of phenolic OH excluding ortho intramolecular Hbond substituents is 1. The van der Waals surface area contributed by atoms with Gasteiger partial charge in [-0.2, -0.15) is 0 Å². The Hall–Kier alpha value is -2.04. The number of carboxylic acid groups (broad SMARTS) is 1. The van der Waals surface area contributed by atoms with E-state index >= 15 is 0 Å². The maximum absolute atomic E-state index is 12.3. The van der Waals surface area contributed by atoms with Crippen LogP contribution in [0.3, 0.4) is 0 Å². The van der Waals surface area contributed by atoms with Crippen molar-refractivity contribution in [2.24, 2.45) is 5.92 Å². The van der Waals surface area contributed by atoms with Gasteiger partial charge in [-0.05, 0) is 36.5 Å². The number of carbonyl (C=O) groups is 2. The van der Waals surface area contributed by atoms with Crippen LogP contribution >= 0.6 is 0 Å². The molecule has 1 aromatic carbocycles. The van der Waals surface area contributed by atoms with Crippen LogP contribution in [-0.2, 0) is 16.0 Å². The molecule has 0 saturated carbocycles. The highest BCUT2D eigenvalue weighted by molar-refractivity contribution is 5.85. The van der Waals surface area contributed by atoms with Crippen LogP contribution in [0.15, 0.2) is 24.3 Å². The van der Waals surface area contributed by atoms with Crippen molar-refractivity contribution in [1.29, 1.82) is 0 Å². The summed E-state index contributed by atoms with van der Waals surface area (Å²) in [4.78, 5) is 25.0. The number of aliphatic carboxylic acids is 1. The summed E-state index contributed by atoms with van der Waals surface area (Å²) < 4.78 is 0. The standard InChI is InChI=1S/C15H19NO4/c1-10-5-6-16(13(7-10)15(19)20)14(18)9-11-3-2-4-12(17)8-11/h2-4,8,10,13,17H,5-7,9H2,1H3,(H,19,20). The summed E-state index contributed by atoms with van der Waals surface area (Å²) in [6.07, 6.45) is 1.45. The second-order valence-electron chi connectivity index (χ2n) is 5.42. The quantitative estimate of drug-likeness (QED) is 0.880. The molecular formula is C15H19NO4. The zero-order chi connectivity index (χ0) is 14.7. The van der Waals surface area contributed by atoms with Gasteiger partial charge in [0.15, 0.2) is 0 Å². The van der Waals surface area contributed by atoms with Gasteiger partial charge in [0.1, 0.15) is 11.8 Å². The van der Waals surface area contributed by atoms with Crippen molar-refractivity contribution in [2.45, 2.75) is 32.2 Å². The van der Waals surface area contributed by atoms with E-state index in [9.17, 15) is 19.8 Å². The smallest absolute Gasteiger partial charge is 0.326 e. The van der Waals surface area contributed by atoms with Gasteiger partial charge in [0.25, 0.3) is 0 Å². The minimum Gasteiger partial charge on any atom is -0.508 e. The minimum atomic E-state index is -0.944. The first kappa shape index (κ1) is 14.4. The van der Waals surface area contributed by atoms with Gasteiger partial charge in [0.05, 0.1) is 6.42 Å². The van der Waals surface area contributed by atoms with E-state index in [1.807, 2.05) is 6.92 Å². The zero-order valence-corrected chi connectivity index (χ0v) is 11.5. The number of amides is 1. The van der Waals surface area contributed by atoms with Crippen molar-refractivity contribution < 1.29 is 19.8 Å². The van der Waals surface area contributed by atoms with Crippen molar-refractivity contribution in [1.82, 2.24) is 4.90 Å². The van der Waals surface area contributed by atoms with E-state index in [-0.39, 0.29) is 18.1 Å². The third-order valence-corrected chi connectivity index (χ3v) is 3.74. The Morgan fingerprint density at radius 1 is 1.40 bits per heavy atom. The average molecular weight is 277 g/mol. The molecule has 5 nitrogen and oxygen atoms in total. The lowest BCUT2D eigenvalue weighted by molar-refractivity contribution is -0.152. The number of likely N-dealkylation sites (tertiary alicyclic amines) is 1. The molecule has 1 saturated heterocycles. The number of hydrogen-bond acceptors (Lipinski definition) is 3. The molecule has 0 spiro atoms. The number of benzene rings is 1. The minimum absolute atomic E-state index is 0.109. The number of hydrogen-bond donors (Lipinski definition) is 2. The molecule has 5 heteroatoms. The average Bonchev–Trinajstić information content (AvgIpc) is 2.38. The third-order valence-electron chi connectivity index (χ3n) is 3.74. The molecule has 2 rings (SSSR count). The summed E-state index contributed by atoms with van der Waals surface area (Å²) in [6.45, 7) is 2.49. The Bertz CT molecular complexity index is 514. The molecule has 2 atom stereocenters. The van der Waals surface area contributed by atoms with Crippen LogP contribution in [0, 0.1) is 5.92 Å². The number of phenols is 1. The van der Waals surface area contributed by atoms with Gasteiger partial charge in [-0.3, -0.25) is 4.79 Å². The number of carbonyl (C=O) groups excluding carboxylic acids is 1. The number of piperidine rings is 1. The van der Waals surface area contributed by atoms with Crippen LogP contribution in [0.25, 0.3) is 0 Å². The van der Waals surface area contributed by atoms with Crippen LogP contribution in [0.2, 0.25) is 0 Å². The second kappa shape index (κ2) is 5.94. The lowest BCUT2D eigenvalue weighted by atomic mass is 9.92. The third kappa shape index (κ3) is 3.29. The molecule has 1 amide bonds.